The summed E-state index contributed by atoms with van der Waals surface area (Å²) in [5.41, 5.74) is 1.51. The minimum absolute atomic E-state index is 0.0198. The number of amides is 1. The molecule has 1 fully saturated rings. The number of aromatic nitrogens is 3. The van der Waals surface area contributed by atoms with Crippen LogP contribution in [-0.2, 0) is 4.79 Å². The lowest BCUT2D eigenvalue weighted by molar-refractivity contribution is -0.132. The maximum absolute atomic E-state index is 13.2. The van der Waals surface area contributed by atoms with E-state index in [4.69, 9.17) is 0 Å². The molecule has 4 heterocycles. The molecule has 8 nitrogen and oxygen atoms in total. The topological polar surface area (TPSA) is 104 Å². The minimum atomic E-state index is -0.335. The number of imidazole rings is 1. The van der Waals surface area contributed by atoms with Crippen molar-refractivity contribution in [2.24, 2.45) is 0 Å². The molecule has 2 aliphatic heterocycles. The Hall–Kier alpha value is -3.60. The number of hydrogen-bond donors (Lipinski definition) is 1. The maximum atomic E-state index is 13.2. The van der Waals surface area contributed by atoms with Gasteiger partial charge in [-0.25, -0.2) is 9.36 Å². The SMILES string of the molecule is CCC(=O)N1C[C@@H]2C[C@H]1c1c(O)n(-c3ccc(C#N)c4ncccc34)c(=O)n12. The van der Waals surface area contributed by atoms with Crippen LogP contribution in [0.4, 0.5) is 0 Å². The monoisotopic (exact) mass is 375 g/mol. The Morgan fingerprint density at radius 2 is 2.21 bits per heavy atom. The van der Waals surface area contributed by atoms with Crippen molar-refractivity contribution in [3.8, 4) is 17.6 Å². The van der Waals surface area contributed by atoms with Gasteiger partial charge in [0.1, 0.15) is 11.8 Å². The van der Waals surface area contributed by atoms with Crippen molar-refractivity contribution in [1.82, 2.24) is 19.0 Å². The Morgan fingerprint density at radius 1 is 1.39 bits per heavy atom. The summed E-state index contributed by atoms with van der Waals surface area (Å²) in [7, 11) is 0. The lowest BCUT2D eigenvalue weighted by Crippen LogP contribution is -2.37. The van der Waals surface area contributed by atoms with E-state index >= 15 is 0 Å². The molecule has 5 rings (SSSR count). The van der Waals surface area contributed by atoms with Crippen LogP contribution in [0.15, 0.2) is 35.3 Å². The molecule has 1 saturated heterocycles. The largest absolute Gasteiger partial charge is 0.493 e. The molecule has 1 amide bonds. The first-order chi connectivity index (χ1) is 13.6. The smallest absolute Gasteiger partial charge is 0.336 e. The molecule has 0 radical (unpaired) electrons. The molecule has 2 aromatic heterocycles. The van der Waals surface area contributed by atoms with E-state index < -0.39 is 0 Å². The zero-order valence-corrected chi connectivity index (χ0v) is 15.2. The van der Waals surface area contributed by atoms with Gasteiger partial charge in [-0.1, -0.05) is 6.92 Å². The molecule has 3 aromatic rings. The van der Waals surface area contributed by atoms with Crippen molar-refractivity contribution in [2.75, 3.05) is 6.54 Å². The molecule has 2 atom stereocenters. The third kappa shape index (κ3) is 1.96. The molecule has 0 saturated carbocycles. The summed E-state index contributed by atoms with van der Waals surface area (Å²) in [6.07, 6.45) is 2.63. The van der Waals surface area contributed by atoms with E-state index in [-0.39, 0.29) is 29.6 Å². The third-order valence-electron chi connectivity index (χ3n) is 5.79. The summed E-state index contributed by atoms with van der Waals surface area (Å²) in [4.78, 5) is 31.5. The van der Waals surface area contributed by atoms with Crippen LogP contribution in [0, 0.1) is 11.3 Å². The first kappa shape index (κ1) is 16.6. The number of benzene rings is 1. The first-order valence-corrected chi connectivity index (χ1v) is 9.20. The van der Waals surface area contributed by atoms with Gasteiger partial charge in [0.2, 0.25) is 11.8 Å². The summed E-state index contributed by atoms with van der Waals surface area (Å²) >= 11 is 0. The molecular weight excluding hydrogens is 358 g/mol. The number of carbonyl (C=O) groups is 1. The van der Waals surface area contributed by atoms with E-state index in [9.17, 15) is 20.0 Å². The predicted octanol–water partition coefficient (Wildman–Crippen LogP) is 2.00. The summed E-state index contributed by atoms with van der Waals surface area (Å²) in [6.45, 7) is 2.30. The van der Waals surface area contributed by atoms with Crippen molar-refractivity contribution in [3.05, 3.63) is 52.2 Å². The third-order valence-corrected chi connectivity index (χ3v) is 5.79. The van der Waals surface area contributed by atoms with Crippen LogP contribution < -0.4 is 5.69 Å². The normalized spacial score (nSPS) is 19.8. The summed E-state index contributed by atoms with van der Waals surface area (Å²) in [6, 6.07) is 8.44. The van der Waals surface area contributed by atoms with Crippen LogP contribution >= 0.6 is 0 Å². The zero-order chi connectivity index (χ0) is 19.6. The lowest BCUT2D eigenvalue weighted by atomic mass is 10.1. The van der Waals surface area contributed by atoms with Gasteiger partial charge in [0.25, 0.3) is 0 Å². The van der Waals surface area contributed by atoms with Gasteiger partial charge in [-0.15, -0.1) is 0 Å². The van der Waals surface area contributed by atoms with E-state index in [1.54, 1.807) is 39.9 Å². The van der Waals surface area contributed by atoms with Crippen LogP contribution in [0.1, 0.15) is 43.1 Å². The second-order valence-electron chi connectivity index (χ2n) is 7.15. The maximum Gasteiger partial charge on any atom is 0.336 e. The van der Waals surface area contributed by atoms with Gasteiger partial charge >= 0.3 is 5.69 Å². The van der Waals surface area contributed by atoms with Crippen LogP contribution in [-0.4, -0.2) is 36.6 Å². The number of fused-ring (bicyclic) bond motifs is 6. The fourth-order valence-electron chi connectivity index (χ4n) is 4.58. The number of rotatable bonds is 2. The Balaban J connectivity index is 1.74. The molecule has 28 heavy (non-hydrogen) atoms. The van der Waals surface area contributed by atoms with Crippen molar-refractivity contribution in [1.29, 1.82) is 5.26 Å². The van der Waals surface area contributed by atoms with Crippen LogP contribution in [0.2, 0.25) is 0 Å². The fourth-order valence-corrected chi connectivity index (χ4v) is 4.58. The Kier molecular flexibility index (Phi) is 3.37. The van der Waals surface area contributed by atoms with Crippen molar-refractivity contribution in [3.63, 3.8) is 0 Å². The van der Waals surface area contributed by atoms with E-state index in [1.165, 1.54) is 4.57 Å². The van der Waals surface area contributed by atoms with E-state index in [1.807, 2.05) is 6.92 Å². The van der Waals surface area contributed by atoms with Gasteiger partial charge in [0, 0.05) is 24.5 Å². The number of nitrogens with zero attached hydrogens (tertiary/aromatic N) is 5. The average molecular weight is 375 g/mol. The van der Waals surface area contributed by atoms with Crippen molar-refractivity contribution < 1.29 is 9.90 Å². The Morgan fingerprint density at radius 3 is 2.96 bits per heavy atom. The highest BCUT2D eigenvalue weighted by Gasteiger charge is 2.48. The molecular formula is C20H17N5O3. The zero-order valence-electron chi connectivity index (χ0n) is 15.2. The highest BCUT2D eigenvalue weighted by Crippen LogP contribution is 2.48. The van der Waals surface area contributed by atoms with Gasteiger partial charge < -0.3 is 10.0 Å². The van der Waals surface area contributed by atoms with Crippen molar-refractivity contribution >= 4 is 16.8 Å². The summed E-state index contributed by atoms with van der Waals surface area (Å²) in [5, 5.41) is 20.9. The minimum Gasteiger partial charge on any atom is -0.493 e. The van der Waals surface area contributed by atoms with E-state index in [2.05, 4.69) is 11.1 Å². The van der Waals surface area contributed by atoms with Gasteiger partial charge in [0.15, 0.2) is 0 Å². The molecule has 2 bridgehead atoms. The van der Waals surface area contributed by atoms with E-state index in [0.29, 0.717) is 47.2 Å². The predicted molar refractivity (Wildman–Crippen MR) is 100 cm³/mol. The van der Waals surface area contributed by atoms with E-state index in [0.717, 1.165) is 0 Å². The number of hydrogen-bond acceptors (Lipinski definition) is 5. The number of carbonyl (C=O) groups excluding carboxylic acids is 1. The van der Waals surface area contributed by atoms with Crippen LogP contribution in [0.25, 0.3) is 16.6 Å². The molecule has 0 aliphatic carbocycles. The highest BCUT2D eigenvalue weighted by atomic mass is 16.3. The second kappa shape index (κ2) is 5.70. The molecule has 8 heteroatoms. The standard InChI is InChI=1S/C20H17N5O3/c1-2-16(26)23-10-12-8-15(23)18-19(27)25(20(28)24(12)18)14-6-5-11(9-21)17-13(14)4-3-7-22-17/h3-7,12,15,27H,2,8,10H2,1H3/t12-,15-/m0/s1. The van der Waals surface area contributed by atoms with Gasteiger partial charge in [0.05, 0.1) is 28.9 Å². The Labute approximate surface area is 159 Å². The summed E-state index contributed by atoms with van der Waals surface area (Å²) < 4.78 is 2.87. The molecule has 0 spiro atoms. The van der Waals surface area contributed by atoms with Crippen LogP contribution in [0.5, 0.6) is 5.88 Å². The number of likely N-dealkylation sites (tertiary alicyclic amines) is 1. The Bertz CT molecular complexity index is 1250. The molecule has 0 unspecified atom stereocenters. The molecule has 140 valence electrons. The number of pyridine rings is 1. The van der Waals surface area contributed by atoms with Crippen LogP contribution in [0.3, 0.4) is 0 Å². The fraction of sp³-hybridized carbons (Fsp3) is 0.300. The first-order valence-electron chi connectivity index (χ1n) is 9.20. The van der Waals surface area contributed by atoms with Crippen molar-refractivity contribution in [2.45, 2.75) is 31.8 Å². The average Bonchev–Trinajstić information content (AvgIpc) is 3.38. The molecule has 1 aromatic carbocycles. The molecule has 2 aliphatic rings. The second-order valence-corrected chi connectivity index (χ2v) is 7.15. The summed E-state index contributed by atoms with van der Waals surface area (Å²) in [5.74, 6) is -0.132. The van der Waals surface area contributed by atoms with Gasteiger partial charge in [-0.05, 0) is 30.7 Å². The van der Waals surface area contributed by atoms with Gasteiger partial charge in [-0.2, -0.15) is 5.26 Å². The lowest BCUT2D eigenvalue weighted by Gasteiger charge is -2.27. The highest BCUT2D eigenvalue weighted by molar-refractivity contribution is 5.91. The number of nitriles is 1. The quantitative estimate of drug-likeness (QED) is 0.738. The molecule has 1 N–H and O–H groups in total. The number of aromatic hydroxyl groups is 1. The van der Waals surface area contributed by atoms with Gasteiger partial charge in [-0.3, -0.25) is 14.3 Å².